The minimum Gasteiger partial charge on any atom is -0.398 e. The zero-order valence-electron chi connectivity index (χ0n) is 14.3. The number of nitrogen functional groups attached to an aromatic ring is 2. The molecule has 0 atom stereocenters. The van der Waals surface area contributed by atoms with E-state index in [1.54, 1.807) is 0 Å². The molecule has 2 heteroatoms. The standard InChI is InChI=1S/C20H24N2/c1-9-11(3)19(21)13(5)17-8-16-10(2)12(4)20(22)14(6)18(16)7-15(9)17/h7-8H,21-22H2,1-6H3. The molecule has 22 heavy (non-hydrogen) atoms. The smallest absolute Gasteiger partial charge is 0.0382 e. The van der Waals surface area contributed by atoms with Crippen molar-refractivity contribution >= 4 is 32.9 Å². The lowest BCUT2D eigenvalue weighted by Gasteiger charge is -2.18. The molecular formula is C20H24N2. The summed E-state index contributed by atoms with van der Waals surface area (Å²) in [6.07, 6.45) is 0. The van der Waals surface area contributed by atoms with Gasteiger partial charge in [0, 0.05) is 11.4 Å². The first-order chi connectivity index (χ1) is 10.3. The second-order valence-electron chi connectivity index (χ2n) is 6.52. The molecule has 0 saturated heterocycles. The Bertz CT molecular complexity index is 797. The number of hydrogen-bond donors (Lipinski definition) is 2. The van der Waals surface area contributed by atoms with Gasteiger partial charge in [0.15, 0.2) is 0 Å². The van der Waals surface area contributed by atoms with Crippen LogP contribution in [0.15, 0.2) is 12.1 Å². The molecule has 114 valence electrons. The van der Waals surface area contributed by atoms with Crippen molar-refractivity contribution in [3.05, 3.63) is 45.5 Å². The molecule has 0 spiro atoms. The first-order valence-electron chi connectivity index (χ1n) is 7.73. The van der Waals surface area contributed by atoms with Crippen LogP contribution in [0.25, 0.3) is 21.5 Å². The molecular weight excluding hydrogens is 268 g/mol. The summed E-state index contributed by atoms with van der Waals surface area (Å²) in [5, 5.41) is 5.06. The van der Waals surface area contributed by atoms with E-state index in [9.17, 15) is 0 Å². The molecule has 3 aromatic carbocycles. The van der Waals surface area contributed by atoms with Crippen LogP contribution in [-0.2, 0) is 0 Å². The summed E-state index contributed by atoms with van der Waals surface area (Å²) in [6.45, 7) is 12.7. The first kappa shape index (κ1) is 14.7. The summed E-state index contributed by atoms with van der Waals surface area (Å²) in [5.74, 6) is 0. The number of benzene rings is 3. The summed E-state index contributed by atoms with van der Waals surface area (Å²) in [7, 11) is 0. The van der Waals surface area contributed by atoms with E-state index in [1.807, 2.05) is 0 Å². The van der Waals surface area contributed by atoms with Crippen LogP contribution in [-0.4, -0.2) is 0 Å². The van der Waals surface area contributed by atoms with Crippen molar-refractivity contribution in [2.75, 3.05) is 11.5 Å². The maximum absolute atomic E-state index is 6.29. The Morgan fingerprint density at radius 2 is 0.727 bits per heavy atom. The summed E-state index contributed by atoms with van der Waals surface area (Å²) in [4.78, 5) is 0. The van der Waals surface area contributed by atoms with Crippen molar-refractivity contribution in [1.29, 1.82) is 0 Å². The van der Waals surface area contributed by atoms with Gasteiger partial charge in [-0.3, -0.25) is 0 Å². The van der Waals surface area contributed by atoms with Crippen LogP contribution < -0.4 is 11.5 Å². The average Bonchev–Trinajstić information content (AvgIpc) is 2.52. The summed E-state index contributed by atoms with van der Waals surface area (Å²) in [6, 6.07) is 4.58. The molecule has 4 N–H and O–H groups in total. The van der Waals surface area contributed by atoms with Crippen LogP contribution in [0.1, 0.15) is 33.4 Å². The molecule has 2 nitrogen and oxygen atoms in total. The van der Waals surface area contributed by atoms with E-state index < -0.39 is 0 Å². The summed E-state index contributed by atoms with van der Waals surface area (Å²) < 4.78 is 0. The van der Waals surface area contributed by atoms with Crippen molar-refractivity contribution in [3.8, 4) is 0 Å². The lowest BCUT2D eigenvalue weighted by Crippen LogP contribution is -2.01. The molecule has 0 amide bonds. The van der Waals surface area contributed by atoms with E-state index in [0.717, 1.165) is 11.4 Å². The van der Waals surface area contributed by atoms with Gasteiger partial charge in [0.2, 0.25) is 0 Å². The zero-order chi connectivity index (χ0) is 16.3. The molecule has 0 aliphatic rings. The Morgan fingerprint density at radius 1 is 0.455 bits per heavy atom. The average molecular weight is 292 g/mol. The lowest BCUT2D eigenvalue weighted by molar-refractivity contribution is 1.34. The largest absolute Gasteiger partial charge is 0.398 e. The molecule has 0 unspecified atom stereocenters. The maximum atomic E-state index is 6.29. The molecule has 0 heterocycles. The first-order valence-corrected chi connectivity index (χ1v) is 7.73. The predicted molar refractivity (Wildman–Crippen MR) is 98.7 cm³/mol. The number of aryl methyl sites for hydroxylation is 4. The topological polar surface area (TPSA) is 52.0 Å². The molecule has 0 aliphatic carbocycles. The van der Waals surface area contributed by atoms with E-state index in [4.69, 9.17) is 11.5 Å². The van der Waals surface area contributed by atoms with Crippen molar-refractivity contribution in [2.24, 2.45) is 0 Å². The fourth-order valence-electron chi connectivity index (χ4n) is 3.50. The number of rotatable bonds is 0. The van der Waals surface area contributed by atoms with Crippen molar-refractivity contribution in [1.82, 2.24) is 0 Å². The normalized spacial score (nSPS) is 11.5. The van der Waals surface area contributed by atoms with Crippen LogP contribution in [0.5, 0.6) is 0 Å². The van der Waals surface area contributed by atoms with Gasteiger partial charge in [-0.2, -0.15) is 0 Å². The highest BCUT2D eigenvalue weighted by atomic mass is 14.6. The molecule has 0 fully saturated rings. The quantitative estimate of drug-likeness (QED) is 0.452. The summed E-state index contributed by atoms with van der Waals surface area (Å²) >= 11 is 0. The molecule has 3 rings (SSSR count). The van der Waals surface area contributed by atoms with Crippen molar-refractivity contribution in [3.63, 3.8) is 0 Å². The van der Waals surface area contributed by atoms with Gasteiger partial charge in [-0.25, -0.2) is 0 Å². The van der Waals surface area contributed by atoms with Gasteiger partial charge in [-0.05, 0) is 109 Å². The minimum absolute atomic E-state index is 0.908. The van der Waals surface area contributed by atoms with Gasteiger partial charge in [-0.1, -0.05) is 0 Å². The van der Waals surface area contributed by atoms with E-state index in [1.165, 1.54) is 54.9 Å². The molecule has 0 aromatic heterocycles. The molecule has 0 radical (unpaired) electrons. The van der Waals surface area contributed by atoms with Crippen LogP contribution in [0.2, 0.25) is 0 Å². The Balaban J connectivity index is 2.64. The second-order valence-corrected chi connectivity index (χ2v) is 6.52. The van der Waals surface area contributed by atoms with E-state index in [0.29, 0.717) is 0 Å². The van der Waals surface area contributed by atoms with Gasteiger partial charge in [-0.15, -0.1) is 0 Å². The van der Waals surface area contributed by atoms with Crippen molar-refractivity contribution in [2.45, 2.75) is 41.5 Å². The Labute approximate surface area is 132 Å². The fraction of sp³-hybridized carbons (Fsp3) is 0.300. The molecule has 3 aromatic rings. The monoisotopic (exact) mass is 292 g/mol. The lowest BCUT2D eigenvalue weighted by atomic mass is 9.88. The van der Waals surface area contributed by atoms with Crippen molar-refractivity contribution < 1.29 is 0 Å². The van der Waals surface area contributed by atoms with E-state index in [2.05, 4.69) is 53.7 Å². The fourth-order valence-corrected chi connectivity index (χ4v) is 3.50. The van der Waals surface area contributed by atoms with E-state index in [-0.39, 0.29) is 0 Å². The molecule has 0 saturated carbocycles. The van der Waals surface area contributed by atoms with Gasteiger partial charge in [0.1, 0.15) is 0 Å². The Morgan fingerprint density at radius 3 is 1.05 bits per heavy atom. The third kappa shape index (κ3) is 1.73. The number of anilines is 2. The number of hydrogen-bond acceptors (Lipinski definition) is 2. The predicted octanol–water partition coefficient (Wildman–Crippen LogP) is 5.01. The zero-order valence-corrected chi connectivity index (χ0v) is 14.3. The summed E-state index contributed by atoms with van der Waals surface area (Å²) in [5.41, 5.74) is 21.6. The second kappa shape index (κ2) is 4.64. The van der Waals surface area contributed by atoms with Gasteiger partial charge < -0.3 is 11.5 Å². The maximum Gasteiger partial charge on any atom is 0.0382 e. The van der Waals surface area contributed by atoms with Gasteiger partial charge in [0.05, 0.1) is 0 Å². The SMILES string of the molecule is Cc1c(N)c(C)c2cc3c(C)c(C)c(N)c(C)c3cc2c1C. The highest BCUT2D eigenvalue weighted by molar-refractivity contribution is 6.07. The van der Waals surface area contributed by atoms with Crippen LogP contribution >= 0.6 is 0 Å². The minimum atomic E-state index is 0.908. The Hall–Kier alpha value is -2.22. The molecule has 0 aliphatic heterocycles. The van der Waals surface area contributed by atoms with Crippen LogP contribution in [0, 0.1) is 41.5 Å². The third-order valence-corrected chi connectivity index (χ3v) is 5.51. The van der Waals surface area contributed by atoms with E-state index >= 15 is 0 Å². The van der Waals surface area contributed by atoms with Crippen LogP contribution in [0.4, 0.5) is 11.4 Å². The van der Waals surface area contributed by atoms with Gasteiger partial charge >= 0.3 is 0 Å². The van der Waals surface area contributed by atoms with Crippen LogP contribution in [0.3, 0.4) is 0 Å². The Kier molecular flexibility index (Phi) is 3.10. The van der Waals surface area contributed by atoms with Gasteiger partial charge in [0.25, 0.3) is 0 Å². The third-order valence-electron chi connectivity index (χ3n) is 5.51. The highest BCUT2D eigenvalue weighted by Gasteiger charge is 2.14. The highest BCUT2D eigenvalue weighted by Crippen LogP contribution is 2.38. The number of nitrogens with two attached hydrogens (primary N) is 2. The number of fused-ring (bicyclic) bond motifs is 2. The molecule has 0 bridgehead atoms.